The van der Waals surface area contributed by atoms with Gasteiger partial charge in [-0.05, 0) is 19.2 Å². The van der Waals surface area contributed by atoms with Crippen molar-refractivity contribution in [3.05, 3.63) is 23.8 Å². The summed E-state index contributed by atoms with van der Waals surface area (Å²) in [5.74, 6) is -2.22. The lowest BCUT2D eigenvalue weighted by Crippen LogP contribution is -2.35. The lowest BCUT2D eigenvalue weighted by molar-refractivity contribution is 0.0693. The number of amides is 2. The molecule has 1 aromatic rings. The smallest absolute Gasteiger partial charge is 0.339 e. The molecule has 0 saturated heterocycles. The number of hydrogen-bond donors (Lipinski definition) is 5. The molecule has 0 atom stereocenters. The van der Waals surface area contributed by atoms with Crippen molar-refractivity contribution in [1.82, 2.24) is 10.0 Å². The third kappa shape index (κ3) is 4.93. The summed E-state index contributed by atoms with van der Waals surface area (Å²) >= 11 is 0. The van der Waals surface area contributed by atoms with Gasteiger partial charge in [-0.15, -0.1) is 0 Å². The highest BCUT2D eigenvalue weighted by Gasteiger charge is 2.14. The second-order valence-corrected chi connectivity index (χ2v) is 5.96. The monoisotopic (exact) mass is 317 g/mol. The highest BCUT2D eigenvalue weighted by Crippen LogP contribution is 2.27. The third-order valence-corrected chi connectivity index (χ3v) is 3.85. The number of nitrogens with one attached hydrogen (secondary N) is 3. The molecular formula is C11H15N3O6S. The van der Waals surface area contributed by atoms with E-state index in [1.54, 1.807) is 0 Å². The van der Waals surface area contributed by atoms with Crippen molar-refractivity contribution in [1.29, 1.82) is 0 Å². The third-order valence-electron chi connectivity index (χ3n) is 2.48. The van der Waals surface area contributed by atoms with Crippen LogP contribution in [-0.2, 0) is 10.0 Å². The van der Waals surface area contributed by atoms with Gasteiger partial charge in [-0.3, -0.25) is 0 Å². The van der Waals surface area contributed by atoms with Crippen LogP contribution in [0.2, 0.25) is 0 Å². The fourth-order valence-corrected chi connectivity index (χ4v) is 1.96. The molecule has 116 valence electrons. The molecule has 0 aliphatic heterocycles. The minimum absolute atomic E-state index is 0.0936. The Balaban J connectivity index is 2.64. The molecule has 0 heterocycles. The summed E-state index contributed by atoms with van der Waals surface area (Å²) < 4.78 is 24.3. The number of benzene rings is 1. The van der Waals surface area contributed by atoms with E-state index in [-0.39, 0.29) is 23.5 Å². The summed E-state index contributed by atoms with van der Waals surface area (Å²) in [5, 5.41) is 23.0. The molecule has 5 N–H and O–H groups in total. The number of urea groups is 1. The number of sulfonamides is 1. The van der Waals surface area contributed by atoms with Crippen LogP contribution in [0.5, 0.6) is 5.75 Å². The SMILES string of the molecule is CNS(=O)(=O)CCNC(=O)Nc1cccc(C(=O)O)c1O. The van der Waals surface area contributed by atoms with E-state index in [4.69, 9.17) is 5.11 Å². The second kappa shape index (κ2) is 6.90. The van der Waals surface area contributed by atoms with Crippen molar-refractivity contribution in [3.8, 4) is 5.75 Å². The summed E-state index contributed by atoms with van der Waals surface area (Å²) in [6.45, 7) is -0.144. The maximum Gasteiger partial charge on any atom is 0.339 e. The molecule has 0 aromatic heterocycles. The molecule has 0 bridgehead atoms. The Kier molecular flexibility index (Phi) is 5.50. The molecule has 0 aliphatic carbocycles. The Morgan fingerprint density at radius 3 is 2.52 bits per heavy atom. The van der Waals surface area contributed by atoms with Gasteiger partial charge in [0, 0.05) is 6.54 Å². The van der Waals surface area contributed by atoms with Gasteiger partial charge >= 0.3 is 12.0 Å². The predicted molar refractivity (Wildman–Crippen MR) is 74.9 cm³/mol. The predicted octanol–water partition coefficient (Wildman–Crippen LogP) is -0.239. The molecule has 0 unspecified atom stereocenters. The van der Waals surface area contributed by atoms with Gasteiger partial charge in [-0.2, -0.15) is 0 Å². The molecule has 0 spiro atoms. The van der Waals surface area contributed by atoms with E-state index < -0.39 is 27.8 Å². The normalized spacial score (nSPS) is 10.9. The number of carboxylic acids is 1. The summed E-state index contributed by atoms with van der Waals surface area (Å²) in [6, 6.07) is 3.08. The number of rotatable bonds is 6. The first-order valence-electron chi connectivity index (χ1n) is 5.78. The van der Waals surface area contributed by atoms with Gasteiger partial charge in [0.05, 0.1) is 11.4 Å². The summed E-state index contributed by atoms with van der Waals surface area (Å²) in [4.78, 5) is 22.3. The van der Waals surface area contributed by atoms with Crippen molar-refractivity contribution in [3.63, 3.8) is 0 Å². The summed E-state index contributed by atoms with van der Waals surface area (Å²) in [5.41, 5.74) is -0.450. The van der Waals surface area contributed by atoms with Gasteiger partial charge in [-0.1, -0.05) is 6.07 Å². The van der Waals surface area contributed by atoms with Crippen LogP contribution in [0.25, 0.3) is 0 Å². The average Bonchev–Trinajstić information content (AvgIpc) is 2.40. The quantitative estimate of drug-likeness (QED) is 0.458. The number of carboxylic acid groups (broad SMARTS) is 1. The number of para-hydroxylation sites is 1. The number of carbonyl (C=O) groups is 2. The van der Waals surface area contributed by atoms with Gasteiger partial charge < -0.3 is 20.8 Å². The first-order chi connectivity index (χ1) is 9.76. The van der Waals surface area contributed by atoms with Crippen molar-refractivity contribution in [2.75, 3.05) is 24.7 Å². The van der Waals surface area contributed by atoms with Gasteiger partial charge in [-0.25, -0.2) is 22.7 Å². The van der Waals surface area contributed by atoms with Gasteiger partial charge in [0.2, 0.25) is 10.0 Å². The van der Waals surface area contributed by atoms with Gasteiger partial charge in [0.1, 0.15) is 5.56 Å². The van der Waals surface area contributed by atoms with E-state index in [0.29, 0.717) is 0 Å². The lowest BCUT2D eigenvalue weighted by atomic mass is 10.2. The first-order valence-corrected chi connectivity index (χ1v) is 7.43. The van der Waals surface area contributed by atoms with Crippen LogP contribution in [-0.4, -0.2) is 50.0 Å². The van der Waals surface area contributed by atoms with Crippen LogP contribution in [0.3, 0.4) is 0 Å². The first kappa shape index (κ1) is 16.7. The van der Waals surface area contributed by atoms with Crippen LogP contribution in [0.4, 0.5) is 10.5 Å². The van der Waals surface area contributed by atoms with Crippen LogP contribution in [0.15, 0.2) is 18.2 Å². The van der Waals surface area contributed by atoms with Crippen molar-refractivity contribution >= 4 is 27.7 Å². The number of anilines is 1. The van der Waals surface area contributed by atoms with Crippen LogP contribution < -0.4 is 15.4 Å². The molecule has 0 saturated carbocycles. The standard InChI is InChI=1S/C11H15N3O6S/c1-12-21(19,20)6-5-13-11(18)14-8-4-2-3-7(9(8)15)10(16)17/h2-4,12,15H,5-6H2,1H3,(H,16,17)(H2,13,14,18). The number of aromatic carboxylic acids is 1. The Hall–Kier alpha value is -2.33. The average molecular weight is 317 g/mol. The zero-order chi connectivity index (χ0) is 16.0. The minimum atomic E-state index is -3.43. The summed E-state index contributed by atoms with van der Waals surface area (Å²) in [6.07, 6.45) is 0. The highest BCUT2D eigenvalue weighted by atomic mass is 32.2. The van der Waals surface area contributed by atoms with E-state index in [1.807, 2.05) is 0 Å². The molecule has 1 aromatic carbocycles. The number of carbonyl (C=O) groups excluding carboxylic acids is 1. The fraction of sp³-hybridized carbons (Fsp3) is 0.273. The van der Waals surface area contributed by atoms with E-state index >= 15 is 0 Å². The molecular weight excluding hydrogens is 302 g/mol. The van der Waals surface area contributed by atoms with E-state index in [0.717, 1.165) is 0 Å². The maximum absolute atomic E-state index is 11.5. The topological polar surface area (TPSA) is 145 Å². The zero-order valence-corrected chi connectivity index (χ0v) is 11.9. The van der Waals surface area contributed by atoms with Gasteiger partial charge in [0.15, 0.2) is 5.75 Å². The second-order valence-electron chi connectivity index (χ2n) is 3.91. The Morgan fingerprint density at radius 2 is 1.95 bits per heavy atom. The van der Waals surface area contributed by atoms with Crippen molar-refractivity contribution in [2.45, 2.75) is 0 Å². The largest absolute Gasteiger partial charge is 0.505 e. The summed E-state index contributed by atoms with van der Waals surface area (Å²) in [7, 11) is -2.18. The van der Waals surface area contributed by atoms with Crippen LogP contribution in [0, 0.1) is 0 Å². The lowest BCUT2D eigenvalue weighted by Gasteiger charge is -2.10. The number of phenols is 1. The van der Waals surface area contributed by atoms with E-state index in [2.05, 4.69) is 15.4 Å². The van der Waals surface area contributed by atoms with Crippen molar-refractivity contribution < 1.29 is 28.2 Å². The highest BCUT2D eigenvalue weighted by molar-refractivity contribution is 7.89. The minimum Gasteiger partial charge on any atom is -0.505 e. The van der Waals surface area contributed by atoms with Crippen LogP contribution >= 0.6 is 0 Å². The van der Waals surface area contributed by atoms with E-state index in [1.165, 1.54) is 25.2 Å². The molecule has 21 heavy (non-hydrogen) atoms. The molecule has 1 rings (SSSR count). The molecule has 9 nitrogen and oxygen atoms in total. The maximum atomic E-state index is 11.5. The molecule has 0 fully saturated rings. The Labute approximate surface area is 121 Å². The molecule has 2 amide bonds. The Bertz CT molecular complexity index is 643. The number of hydrogen-bond acceptors (Lipinski definition) is 5. The molecule has 0 aliphatic rings. The molecule has 10 heteroatoms. The zero-order valence-electron chi connectivity index (χ0n) is 11.1. The fourth-order valence-electron chi connectivity index (χ4n) is 1.38. The van der Waals surface area contributed by atoms with Gasteiger partial charge in [0.25, 0.3) is 0 Å². The molecule has 0 radical (unpaired) electrons. The van der Waals surface area contributed by atoms with E-state index in [9.17, 15) is 23.1 Å². The van der Waals surface area contributed by atoms with Crippen LogP contribution in [0.1, 0.15) is 10.4 Å². The number of aromatic hydroxyl groups is 1. The Morgan fingerprint density at radius 1 is 1.29 bits per heavy atom. The van der Waals surface area contributed by atoms with Crippen molar-refractivity contribution in [2.24, 2.45) is 0 Å².